The highest BCUT2D eigenvalue weighted by atomic mass is 19.1. The number of hydrogen-bond donors (Lipinski definition) is 1. The average Bonchev–Trinajstić information content (AvgIpc) is 1.87. The molecule has 0 amide bonds. The molecule has 1 N–H and O–H groups in total. The molecule has 1 nitrogen and oxygen atoms in total. The molecule has 0 spiro atoms. The highest BCUT2D eigenvalue weighted by Crippen LogP contribution is 2.05. The van der Waals surface area contributed by atoms with Crippen LogP contribution in [0.15, 0.2) is 0 Å². The first-order chi connectivity index (χ1) is 4.22. The standard InChI is InChI=1S/C7H16FN/c1-4-5-7(8)6(2)9-3/h6-7,9H,4-5H2,1-3H3. The fourth-order valence-electron chi connectivity index (χ4n) is 0.707. The van der Waals surface area contributed by atoms with Crippen molar-refractivity contribution in [3.8, 4) is 0 Å². The minimum Gasteiger partial charge on any atom is -0.314 e. The summed E-state index contributed by atoms with van der Waals surface area (Å²) >= 11 is 0. The molecule has 0 aromatic rings. The fraction of sp³-hybridized carbons (Fsp3) is 1.00. The van der Waals surface area contributed by atoms with Crippen molar-refractivity contribution in [2.75, 3.05) is 7.05 Å². The van der Waals surface area contributed by atoms with E-state index in [0.29, 0.717) is 6.42 Å². The summed E-state index contributed by atoms with van der Waals surface area (Å²) < 4.78 is 12.7. The largest absolute Gasteiger partial charge is 0.314 e. The monoisotopic (exact) mass is 133 g/mol. The second kappa shape index (κ2) is 4.74. The molecule has 2 unspecified atom stereocenters. The lowest BCUT2D eigenvalue weighted by molar-refractivity contribution is 0.252. The first kappa shape index (κ1) is 8.89. The third-order valence-corrected chi connectivity index (χ3v) is 1.56. The SMILES string of the molecule is CCCC(F)C(C)NC. The number of alkyl halides is 1. The molecule has 0 heterocycles. The molecule has 0 aromatic carbocycles. The second-order valence-corrected chi connectivity index (χ2v) is 2.38. The van der Waals surface area contributed by atoms with Crippen molar-refractivity contribution in [2.24, 2.45) is 0 Å². The zero-order valence-electron chi connectivity index (χ0n) is 6.45. The zero-order valence-corrected chi connectivity index (χ0v) is 6.45. The van der Waals surface area contributed by atoms with Crippen LogP contribution in [-0.2, 0) is 0 Å². The molecule has 0 saturated carbocycles. The van der Waals surface area contributed by atoms with Gasteiger partial charge in [0.2, 0.25) is 0 Å². The van der Waals surface area contributed by atoms with E-state index in [-0.39, 0.29) is 6.04 Å². The Morgan fingerprint density at radius 3 is 2.44 bits per heavy atom. The van der Waals surface area contributed by atoms with Crippen LogP contribution in [0.25, 0.3) is 0 Å². The van der Waals surface area contributed by atoms with Crippen molar-refractivity contribution in [3.05, 3.63) is 0 Å². The topological polar surface area (TPSA) is 12.0 Å². The Morgan fingerprint density at radius 1 is 1.56 bits per heavy atom. The summed E-state index contributed by atoms with van der Waals surface area (Å²) in [6.07, 6.45) is 0.912. The molecule has 0 aliphatic heterocycles. The second-order valence-electron chi connectivity index (χ2n) is 2.38. The van der Waals surface area contributed by atoms with Crippen LogP contribution < -0.4 is 5.32 Å². The highest BCUT2D eigenvalue weighted by molar-refractivity contribution is 4.68. The molecule has 0 aliphatic rings. The summed E-state index contributed by atoms with van der Waals surface area (Å²) in [5, 5.41) is 2.87. The molecular formula is C7H16FN. The minimum atomic E-state index is -0.681. The summed E-state index contributed by atoms with van der Waals surface area (Å²) in [5.74, 6) is 0. The Hall–Kier alpha value is -0.110. The van der Waals surface area contributed by atoms with Gasteiger partial charge in [0, 0.05) is 6.04 Å². The van der Waals surface area contributed by atoms with Crippen LogP contribution in [0, 0.1) is 0 Å². The van der Waals surface area contributed by atoms with E-state index in [9.17, 15) is 4.39 Å². The van der Waals surface area contributed by atoms with Crippen LogP contribution in [0.3, 0.4) is 0 Å². The van der Waals surface area contributed by atoms with Gasteiger partial charge in [-0.3, -0.25) is 0 Å². The van der Waals surface area contributed by atoms with Gasteiger partial charge in [-0.1, -0.05) is 13.3 Å². The maximum atomic E-state index is 12.7. The summed E-state index contributed by atoms with van der Waals surface area (Å²) in [6, 6.07) is 0.00458. The highest BCUT2D eigenvalue weighted by Gasteiger charge is 2.11. The number of nitrogens with one attached hydrogen (secondary N) is 1. The molecule has 0 aliphatic carbocycles. The number of hydrogen-bond acceptors (Lipinski definition) is 1. The molecule has 0 aromatic heterocycles. The Kier molecular flexibility index (Phi) is 4.68. The van der Waals surface area contributed by atoms with E-state index < -0.39 is 6.17 Å². The lowest BCUT2D eigenvalue weighted by atomic mass is 10.1. The predicted octanol–water partition coefficient (Wildman–Crippen LogP) is 1.73. The Bertz CT molecular complexity index is 65.9. The van der Waals surface area contributed by atoms with Crippen LogP contribution in [0.1, 0.15) is 26.7 Å². The molecule has 2 atom stereocenters. The van der Waals surface area contributed by atoms with E-state index in [1.807, 2.05) is 13.8 Å². The summed E-state index contributed by atoms with van der Waals surface area (Å²) in [5.41, 5.74) is 0. The minimum absolute atomic E-state index is 0.00458. The van der Waals surface area contributed by atoms with Gasteiger partial charge in [0.25, 0.3) is 0 Å². The average molecular weight is 133 g/mol. The predicted molar refractivity (Wildman–Crippen MR) is 38.3 cm³/mol. The molecule has 0 radical (unpaired) electrons. The Balaban J connectivity index is 3.32. The lowest BCUT2D eigenvalue weighted by Crippen LogP contribution is -2.31. The van der Waals surface area contributed by atoms with Crippen molar-refractivity contribution in [1.29, 1.82) is 0 Å². The van der Waals surface area contributed by atoms with Crippen LogP contribution in [0.4, 0.5) is 4.39 Å². The van der Waals surface area contributed by atoms with Crippen LogP contribution in [0.5, 0.6) is 0 Å². The van der Waals surface area contributed by atoms with E-state index >= 15 is 0 Å². The van der Waals surface area contributed by atoms with Gasteiger partial charge in [-0.15, -0.1) is 0 Å². The van der Waals surface area contributed by atoms with E-state index in [4.69, 9.17) is 0 Å². The van der Waals surface area contributed by atoms with Gasteiger partial charge < -0.3 is 5.32 Å². The Morgan fingerprint density at radius 2 is 2.11 bits per heavy atom. The summed E-state index contributed by atoms with van der Waals surface area (Å²) in [6.45, 7) is 3.86. The molecule has 9 heavy (non-hydrogen) atoms. The first-order valence-corrected chi connectivity index (χ1v) is 3.53. The molecule has 0 saturated heterocycles. The van der Waals surface area contributed by atoms with Crippen molar-refractivity contribution in [2.45, 2.75) is 38.9 Å². The quantitative estimate of drug-likeness (QED) is 0.616. The molecule has 0 bridgehead atoms. The van der Waals surface area contributed by atoms with Crippen molar-refractivity contribution in [1.82, 2.24) is 5.32 Å². The van der Waals surface area contributed by atoms with Gasteiger partial charge in [-0.25, -0.2) is 4.39 Å². The van der Waals surface area contributed by atoms with Gasteiger partial charge in [-0.2, -0.15) is 0 Å². The van der Waals surface area contributed by atoms with Gasteiger partial charge >= 0.3 is 0 Å². The van der Waals surface area contributed by atoms with Gasteiger partial charge in [0.1, 0.15) is 6.17 Å². The smallest absolute Gasteiger partial charge is 0.115 e. The van der Waals surface area contributed by atoms with E-state index in [0.717, 1.165) is 6.42 Å². The third-order valence-electron chi connectivity index (χ3n) is 1.56. The van der Waals surface area contributed by atoms with E-state index in [1.165, 1.54) is 0 Å². The zero-order chi connectivity index (χ0) is 7.28. The van der Waals surface area contributed by atoms with Gasteiger partial charge in [-0.05, 0) is 20.4 Å². The molecule has 56 valence electrons. The van der Waals surface area contributed by atoms with Crippen LogP contribution in [-0.4, -0.2) is 19.3 Å². The molecule has 2 heteroatoms. The van der Waals surface area contributed by atoms with Crippen LogP contribution >= 0.6 is 0 Å². The molecular weight excluding hydrogens is 117 g/mol. The Labute approximate surface area is 56.6 Å². The fourth-order valence-corrected chi connectivity index (χ4v) is 0.707. The maximum absolute atomic E-state index is 12.7. The van der Waals surface area contributed by atoms with Crippen molar-refractivity contribution in [3.63, 3.8) is 0 Å². The first-order valence-electron chi connectivity index (χ1n) is 3.53. The summed E-state index contributed by atoms with van der Waals surface area (Å²) in [4.78, 5) is 0. The maximum Gasteiger partial charge on any atom is 0.115 e. The van der Waals surface area contributed by atoms with Crippen LogP contribution in [0.2, 0.25) is 0 Å². The molecule has 0 rings (SSSR count). The van der Waals surface area contributed by atoms with Crippen molar-refractivity contribution >= 4 is 0 Å². The third kappa shape index (κ3) is 3.46. The van der Waals surface area contributed by atoms with E-state index in [2.05, 4.69) is 5.32 Å². The number of halogens is 1. The number of rotatable bonds is 4. The van der Waals surface area contributed by atoms with Gasteiger partial charge in [0.05, 0.1) is 0 Å². The normalized spacial score (nSPS) is 17.3. The molecule has 0 fully saturated rings. The van der Waals surface area contributed by atoms with Gasteiger partial charge in [0.15, 0.2) is 0 Å². The van der Waals surface area contributed by atoms with Crippen molar-refractivity contribution < 1.29 is 4.39 Å². The summed E-state index contributed by atoms with van der Waals surface area (Å²) in [7, 11) is 1.78. The lowest BCUT2D eigenvalue weighted by Gasteiger charge is -2.13. The van der Waals surface area contributed by atoms with E-state index in [1.54, 1.807) is 7.05 Å².